The molecular formula is C13H15Cl2N3. The van der Waals surface area contributed by atoms with E-state index in [1.165, 1.54) is 0 Å². The Hall–Kier alpha value is -1.03. The molecule has 0 aliphatic heterocycles. The molecule has 0 bridgehead atoms. The third-order valence-electron chi connectivity index (χ3n) is 2.92. The second kappa shape index (κ2) is 5.74. The highest BCUT2D eigenvalue weighted by Gasteiger charge is 2.16. The first-order valence-corrected chi connectivity index (χ1v) is 6.58. The maximum atomic E-state index is 6.19. The molecule has 0 amide bonds. The lowest BCUT2D eigenvalue weighted by molar-refractivity contribution is 0.628. The molecule has 1 aromatic carbocycles. The van der Waals surface area contributed by atoms with Crippen LogP contribution in [-0.2, 0) is 13.0 Å². The Morgan fingerprint density at radius 1 is 1.33 bits per heavy atom. The molecule has 0 spiro atoms. The number of nitrogens with zero attached hydrogens (tertiary/aromatic N) is 2. The van der Waals surface area contributed by atoms with Crippen molar-refractivity contribution in [3.63, 3.8) is 0 Å². The number of nitrogens with two attached hydrogens (primary N) is 1. The summed E-state index contributed by atoms with van der Waals surface area (Å²) in [7, 11) is 0. The molecule has 1 unspecified atom stereocenters. The van der Waals surface area contributed by atoms with Crippen LogP contribution in [0.15, 0.2) is 30.6 Å². The fourth-order valence-corrected chi connectivity index (χ4v) is 2.66. The molecule has 18 heavy (non-hydrogen) atoms. The number of imidazole rings is 1. The molecule has 1 aromatic heterocycles. The highest BCUT2D eigenvalue weighted by molar-refractivity contribution is 6.36. The minimum Gasteiger partial charge on any atom is -0.335 e. The third-order valence-corrected chi connectivity index (χ3v) is 3.57. The van der Waals surface area contributed by atoms with Gasteiger partial charge in [0.25, 0.3) is 0 Å². The van der Waals surface area contributed by atoms with Crippen molar-refractivity contribution in [1.29, 1.82) is 0 Å². The van der Waals surface area contributed by atoms with E-state index in [1.54, 1.807) is 18.3 Å². The quantitative estimate of drug-likeness (QED) is 0.934. The van der Waals surface area contributed by atoms with E-state index in [0.29, 0.717) is 16.5 Å². The van der Waals surface area contributed by atoms with Crippen LogP contribution in [-0.4, -0.2) is 9.55 Å². The summed E-state index contributed by atoms with van der Waals surface area (Å²) in [5, 5.41) is 1.20. The molecule has 2 rings (SSSR count). The topological polar surface area (TPSA) is 43.8 Å². The normalized spacial score (nSPS) is 12.7. The molecule has 2 aromatic rings. The van der Waals surface area contributed by atoms with Crippen molar-refractivity contribution in [2.45, 2.75) is 25.9 Å². The van der Waals surface area contributed by atoms with E-state index in [9.17, 15) is 0 Å². The first-order valence-electron chi connectivity index (χ1n) is 5.83. The second-order valence-electron chi connectivity index (χ2n) is 4.08. The van der Waals surface area contributed by atoms with E-state index in [0.717, 1.165) is 17.9 Å². The average Bonchev–Trinajstić information content (AvgIpc) is 2.76. The lowest BCUT2D eigenvalue weighted by Gasteiger charge is -2.15. The van der Waals surface area contributed by atoms with Gasteiger partial charge < -0.3 is 10.3 Å². The van der Waals surface area contributed by atoms with E-state index in [4.69, 9.17) is 28.9 Å². The van der Waals surface area contributed by atoms with Crippen LogP contribution in [0.1, 0.15) is 24.4 Å². The Bertz CT molecular complexity index is 517. The van der Waals surface area contributed by atoms with Crippen LogP contribution in [0.3, 0.4) is 0 Å². The molecule has 1 heterocycles. The fraction of sp³-hybridized carbons (Fsp3) is 0.308. The summed E-state index contributed by atoms with van der Waals surface area (Å²) in [5.41, 5.74) is 6.97. The molecule has 1 atom stereocenters. The van der Waals surface area contributed by atoms with Crippen LogP contribution in [0.25, 0.3) is 0 Å². The summed E-state index contributed by atoms with van der Waals surface area (Å²) in [6, 6.07) is 5.16. The van der Waals surface area contributed by atoms with Gasteiger partial charge in [-0.2, -0.15) is 0 Å². The fourth-order valence-electron chi connectivity index (χ4n) is 1.98. The maximum absolute atomic E-state index is 6.19. The van der Waals surface area contributed by atoms with E-state index in [1.807, 2.05) is 12.3 Å². The zero-order valence-corrected chi connectivity index (χ0v) is 11.6. The molecule has 0 saturated heterocycles. The van der Waals surface area contributed by atoms with Crippen molar-refractivity contribution >= 4 is 23.2 Å². The summed E-state index contributed by atoms with van der Waals surface area (Å²) >= 11 is 12.3. The smallest absolute Gasteiger partial charge is 0.110 e. The maximum Gasteiger partial charge on any atom is 0.110 e. The Kier molecular flexibility index (Phi) is 4.27. The van der Waals surface area contributed by atoms with Crippen molar-refractivity contribution < 1.29 is 0 Å². The number of benzene rings is 1. The molecule has 96 valence electrons. The Morgan fingerprint density at radius 2 is 2.00 bits per heavy atom. The summed E-state index contributed by atoms with van der Waals surface area (Å²) in [6.45, 7) is 2.94. The molecule has 0 aliphatic carbocycles. The van der Waals surface area contributed by atoms with Gasteiger partial charge in [0.05, 0.1) is 0 Å². The summed E-state index contributed by atoms with van der Waals surface area (Å²) in [5.74, 6) is 0.945. The first-order chi connectivity index (χ1) is 8.63. The molecule has 3 nitrogen and oxygen atoms in total. The second-order valence-corrected chi connectivity index (χ2v) is 4.89. The highest BCUT2D eigenvalue weighted by Crippen LogP contribution is 2.30. The zero-order chi connectivity index (χ0) is 13.1. The average molecular weight is 284 g/mol. The van der Waals surface area contributed by atoms with Crippen LogP contribution >= 0.6 is 23.2 Å². The van der Waals surface area contributed by atoms with Crippen molar-refractivity contribution in [3.05, 3.63) is 52.0 Å². The van der Waals surface area contributed by atoms with Crippen molar-refractivity contribution in [2.75, 3.05) is 0 Å². The third kappa shape index (κ3) is 2.69. The number of hydrogen-bond acceptors (Lipinski definition) is 2. The van der Waals surface area contributed by atoms with Crippen LogP contribution in [0.5, 0.6) is 0 Å². The van der Waals surface area contributed by atoms with Gasteiger partial charge in [-0.3, -0.25) is 0 Å². The van der Waals surface area contributed by atoms with Crippen molar-refractivity contribution in [3.8, 4) is 0 Å². The molecule has 0 radical (unpaired) electrons. The predicted octanol–water partition coefficient (Wildman–Crippen LogP) is 3.45. The van der Waals surface area contributed by atoms with Crippen molar-refractivity contribution in [2.24, 2.45) is 5.73 Å². The number of rotatable bonds is 4. The minimum atomic E-state index is -0.251. The van der Waals surface area contributed by atoms with Gasteiger partial charge >= 0.3 is 0 Å². The van der Waals surface area contributed by atoms with E-state index in [-0.39, 0.29) is 6.04 Å². The number of aromatic nitrogens is 2. The molecule has 0 saturated carbocycles. The molecular weight excluding hydrogens is 269 g/mol. The van der Waals surface area contributed by atoms with E-state index < -0.39 is 0 Å². The lowest BCUT2D eigenvalue weighted by Crippen LogP contribution is -2.17. The molecule has 2 N–H and O–H groups in total. The van der Waals surface area contributed by atoms with Gasteiger partial charge in [-0.05, 0) is 19.1 Å². The van der Waals surface area contributed by atoms with Crippen LogP contribution in [0.4, 0.5) is 0 Å². The number of hydrogen-bond donors (Lipinski definition) is 1. The largest absolute Gasteiger partial charge is 0.335 e. The summed E-state index contributed by atoms with van der Waals surface area (Å²) in [4.78, 5) is 4.31. The Balaban J connectivity index is 2.25. The van der Waals surface area contributed by atoms with Gasteiger partial charge in [0.1, 0.15) is 5.82 Å². The summed E-state index contributed by atoms with van der Waals surface area (Å²) < 4.78 is 2.06. The predicted molar refractivity (Wildman–Crippen MR) is 75.0 cm³/mol. The van der Waals surface area contributed by atoms with Gasteiger partial charge in [0, 0.05) is 47.0 Å². The van der Waals surface area contributed by atoms with E-state index in [2.05, 4.69) is 16.5 Å². The van der Waals surface area contributed by atoms with Gasteiger partial charge in [-0.15, -0.1) is 0 Å². The Morgan fingerprint density at radius 3 is 2.61 bits per heavy atom. The standard InChI is InChI=1S/C13H15Cl2N3/c1-2-18-7-6-17-12(18)8-11(16)13-9(14)4-3-5-10(13)15/h3-7,11H,2,8,16H2,1H3. The zero-order valence-electron chi connectivity index (χ0n) is 10.1. The number of aryl methyl sites for hydroxylation is 1. The monoisotopic (exact) mass is 283 g/mol. The lowest BCUT2D eigenvalue weighted by atomic mass is 10.0. The van der Waals surface area contributed by atoms with Crippen LogP contribution in [0.2, 0.25) is 10.0 Å². The molecule has 0 aliphatic rings. The summed E-state index contributed by atoms with van der Waals surface area (Å²) in [6.07, 6.45) is 4.33. The van der Waals surface area contributed by atoms with Gasteiger partial charge in [-0.1, -0.05) is 29.3 Å². The number of halogens is 2. The van der Waals surface area contributed by atoms with Gasteiger partial charge in [-0.25, -0.2) is 4.98 Å². The van der Waals surface area contributed by atoms with Gasteiger partial charge in [0.15, 0.2) is 0 Å². The van der Waals surface area contributed by atoms with Gasteiger partial charge in [0.2, 0.25) is 0 Å². The molecule has 0 fully saturated rings. The van der Waals surface area contributed by atoms with E-state index >= 15 is 0 Å². The van der Waals surface area contributed by atoms with Crippen molar-refractivity contribution in [1.82, 2.24) is 9.55 Å². The molecule has 5 heteroatoms. The Labute approximate surface area is 117 Å². The van der Waals surface area contributed by atoms with Crippen LogP contribution in [0, 0.1) is 0 Å². The van der Waals surface area contributed by atoms with Crippen LogP contribution < -0.4 is 5.73 Å². The minimum absolute atomic E-state index is 0.251. The SMILES string of the molecule is CCn1ccnc1CC(N)c1c(Cl)cccc1Cl. The first kappa shape index (κ1) is 13.4. The highest BCUT2D eigenvalue weighted by atomic mass is 35.5.